The summed E-state index contributed by atoms with van der Waals surface area (Å²) in [6.07, 6.45) is 2.25. The van der Waals surface area contributed by atoms with Gasteiger partial charge < -0.3 is 9.80 Å². The summed E-state index contributed by atoms with van der Waals surface area (Å²) >= 11 is 6.10. The van der Waals surface area contributed by atoms with Gasteiger partial charge in [0.2, 0.25) is 0 Å². The lowest BCUT2D eigenvalue weighted by Gasteiger charge is -2.34. The van der Waals surface area contributed by atoms with Gasteiger partial charge in [-0.3, -0.25) is 4.31 Å². The van der Waals surface area contributed by atoms with Crippen molar-refractivity contribution in [2.75, 3.05) is 38.1 Å². The summed E-state index contributed by atoms with van der Waals surface area (Å²) in [5.41, 5.74) is 2.12. The lowest BCUT2D eigenvalue weighted by Crippen LogP contribution is -2.38. The van der Waals surface area contributed by atoms with Gasteiger partial charge in [0.25, 0.3) is 10.0 Å². The van der Waals surface area contributed by atoms with Crippen LogP contribution in [0.4, 0.5) is 11.4 Å². The minimum absolute atomic E-state index is 0.266. The van der Waals surface area contributed by atoms with Gasteiger partial charge in [-0.15, -0.1) is 0 Å². The number of anilines is 1. The molecule has 4 aliphatic heterocycles. The molecule has 0 amide bonds. The topological polar surface area (TPSA) is 56.2 Å². The minimum Gasteiger partial charge on any atom is -0.367 e. The highest BCUT2D eigenvalue weighted by atomic mass is 35.5. The highest BCUT2D eigenvalue weighted by molar-refractivity contribution is 7.90. The Balaban J connectivity index is 1.58. The molecule has 0 N–H and O–H groups in total. The van der Waals surface area contributed by atoms with E-state index in [2.05, 4.69) is 14.8 Å². The van der Waals surface area contributed by atoms with Gasteiger partial charge in [-0.25, -0.2) is 13.4 Å². The molecule has 29 heavy (non-hydrogen) atoms. The van der Waals surface area contributed by atoms with Crippen molar-refractivity contribution in [1.82, 2.24) is 9.21 Å². The predicted molar refractivity (Wildman–Crippen MR) is 116 cm³/mol. The van der Waals surface area contributed by atoms with Crippen LogP contribution in [0.25, 0.3) is 0 Å². The van der Waals surface area contributed by atoms with Crippen LogP contribution in [0.15, 0.2) is 52.4 Å². The summed E-state index contributed by atoms with van der Waals surface area (Å²) in [5, 5.41) is 0.545. The van der Waals surface area contributed by atoms with Crippen molar-refractivity contribution >= 4 is 38.8 Å². The molecule has 0 atom stereocenters. The number of hydrogen-bond donors (Lipinski definition) is 0. The number of fused-ring (bicyclic) bond motifs is 5. The first kappa shape index (κ1) is 18.9. The molecule has 0 unspecified atom stereocenters. The molecule has 8 heteroatoms. The fourth-order valence-corrected chi connectivity index (χ4v) is 6.03. The maximum absolute atomic E-state index is 13.3. The minimum atomic E-state index is -3.69. The average Bonchev–Trinajstić information content (AvgIpc) is 3.05. The smallest absolute Gasteiger partial charge is 0.267 e. The molecule has 0 aliphatic carbocycles. The molecule has 6 rings (SSSR count). The van der Waals surface area contributed by atoms with E-state index >= 15 is 0 Å². The van der Waals surface area contributed by atoms with Gasteiger partial charge in [-0.1, -0.05) is 23.7 Å². The van der Waals surface area contributed by atoms with Gasteiger partial charge in [0.05, 0.1) is 5.69 Å². The maximum Gasteiger partial charge on any atom is 0.267 e. The largest absolute Gasteiger partial charge is 0.367 e. The molecule has 2 aromatic rings. The molecule has 152 valence electrons. The third-order valence-electron chi connectivity index (χ3n) is 6.18. The summed E-state index contributed by atoms with van der Waals surface area (Å²) in [5.74, 6) is 0.383. The SMILES string of the molecule is CN1C(c2cccc(Cl)c2)=Nc2ccc(N3CCN4CCC3CC4)cc2S1(=O)=O. The summed E-state index contributed by atoms with van der Waals surface area (Å²) in [7, 11) is -2.15. The molecule has 2 aromatic carbocycles. The summed E-state index contributed by atoms with van der Waals surface area (Å²) in [6, 6.07) is 13.2. The molecule has 0 aromatic heterocycles. The van der Waals surface area contributed by atoms with Crippen molar-refractivity contribution in [2.24, 2.45) is 4.99 Å². The molecule has 2 bridgehead atoms. The zero-order valence-electron chi connectivity index (χ0n) is 16.3. The van der Waals surface area contributed by atoms with Crippen molar-refractivity contribution in [2.45, 2.75) is 23.8 Å². The van der Waals surface area contributed by atoms with Gasteiger partial charge in [0.1, 0.15) is 10.7 Å². The van der Waals surface area contributed by atoms with Gasteiger partial charge in [-0.2, -0.15) is 0 Å². The van der Waals surface area contributed by atoms with Crippen molar-refractivity contribution in [3.63, 3.8) is 0 Å². The molecule has 3 saturated heterocycles. The van der Waals surface area contributed by atoms with Crippen molar-refractivity contribution in [3.8, 4) is 0 Å². The van der Waals surface area contributed by atoms with Crippen molar-refractivity contribution in [3.05, 3.63) is 53.1 Å². The molecule has 0 saturated carbocycles. The van der Waals surface area contributed by atoms with Crippen molar-refractivity contribution in [1.29, 1.82) is 0 Å². The number of amidine groups is 1. The van der Waals surface area contributed by atoms with Crippen LogP contribution in [0, 0.1) is 0 Å². The third kappa shape index (κ3) is 3.21. The Hall–Kier alpha value is -2.09. The lowest BCUT2D eigenvalue weighted by atomic mass is 10.0. The van der Waals surface area contributed by atoms with E-state index in [4.69, 9.17) is 11.6 Å². The lowest BCUT2D eigenvalue weighted by molar-refractivity contribution is 0.250. The fourth-order valence-electron chi connectivity index (χ4n) is 4.53. The van der Waals surface area contributed by atoms with Crippen LogP contribution in [0.1, 0.15) is 18.4 Å². The van der Waals surface area contributed by atoms with E-state index in [-0.39, 0.29) is 4.90 Å². The molecular formula is C21H23ClN4O2S. The van der Waals surface area contributed by atoms with E-state index in [0.717, 1.165) is 44.7 Å². The van der Waals surface area contributed by atoms with E-state index in [9.17, 15) is 8.42 Å². The average molecular weight is 431 g/mol. The summed E-state index contributed by atoms with van der Waals surface area (Å²) < 4.78 is 27.9. The monoisotopic (exact) mass is 430 g/mol. The van der Waals surface area contributed by atoms with E-state index < -0.39 is 10.0 Å². The van der Waals surface area contributed by atoms with Crippen LogP contribution in [0.3, 0.4) is 0 Å². The van der Waals surface area contributed by atoms with Gasteiger partial charge >= 0.3 is 0 Å². The second kappa shape index (κ2) is 7.00. The van der Waals surface area contributed by atoms with E-state index in [1.54, 1.807) is 31.3 Å². The number of halogens is 1. The Kier molecular flexibility index (Phi) is 4.57. The number of nitrogens with zero attached hydrogens (tertiary/aromatic N) is 4. The Bertz CT molecular complexity index is 1090. The standard InChI is InChI=1S/C21H23ClN4O2S/c1-24-21(15-3-2-4-16(22)13-15)23-19-6-5-18(14-20(19)29(24,27)28)26-12-11-25-9-7-17(26)8-10-25/h2-6,13-14,17H,7-12H2,1H3. The van der Waals surface area contributed by atoms with Crippen molar-refractivity contribution < 1.29 is 8.42 Å². The van der Waals surface area contributed by atoms with Crippen LogP contribution < -0.4 is 4.90 Å². The zero-order chi connectivity index (χ0) is 20.2. The summed E-state index contributed by atoms with van der Waals surface area (Å²) in [6.45, 7) is 4.20. The van der Waals surface area contributed by atoms with Crippen LogP contribution >= 0.6 is 11.6 Å². The highest BCUT2D eigenvalue weighted by Crippen LogP contribution is 2.37. The number of aliphatic imine (C=N–C) groups is 1. The first-order valence-electron chi connectivity index (χ1n) is 9.90. The maximum atomic E-state index is 13.3. The molecule has 4 heterocycles. The van der Waals surface area contributed by atoms with Gasteiger partial charge in [-0.05, 0) is 43.2 Å². The number of hydrogen-bond acceptors (Lipinski definition) is 5. The Labute approximate surface area is 176 Å². The van der Waals surface area contributed by atoms with Crippen LogP contribution in [-0.4, -0.2) is 62.7 Å². The van der Waals surface area contributed by atoms with E-state index in [1.165, 1.54) is 4.31 Å². The first-order chi connectivity index (χ1) is 13.9. The normalized spacial score (nSPS) is 25.4. The predicted octanol–water partition coefficient (Wildman–Crippen LogP) is 3.34. The fraction of sp³-hybridized carbons (Fsp3) is 0.381. The third-order valence-corrected chi connectivity index (χ3v) is 8.19. The Morgan fingerprint density at radius 1 is 1.03 bits per heavy atom. The number of rotatable bonds is 2. The van der Waals surface area contributed by atoms with Gasteiger partial charge in [0, 0.05) is 55.5 Å². The second-order valence-electron chi connectivity index (χ2n) is 7.84. The second-order valence-corrected chi connectivity index (χ2v) is 10.2. The van der Waals surface area contributed by atoms with Crippen LogP contribution in [0.2, 0.25) is 5.02 Å². The highest BCUT2D eigenvalue weighted by Gasteiger charge is 2.34. The molecule has 6 nitrogen and oxygen atoms in total. The molecule has 3 fully saturated rings. The summed E-state index contributed by atoms with van der Waals surface area (Å²) in [4.78, 5) is 9.79. The van der Waals surface area contributed by atoms with Gasteiger partial charge in [0.15, 0.2) is 0 Å². The molecular weight excluding hydrogens is 408 g/mol. The molecule has 0 radical (unpaired) electrons. The zero-order valence-corrected chi connectivity index (χ0v) is 17.8. The molecule has 0 spiro atoms. The quantitative estimate of drug-likeness (QED) is 0.733. The molecule has 4 aliphatic rings. The first-order valence-corrected chi connectivity index (χ1v) is 11.7. The Morgan fingerprint density at radius 2 is 1.83 bits per heavy atom. The number of benzene rings is 2. The van der Waals surface area contributed by atoms with Crippen LogP contribution in [-0.2, 0) is 10.0 Å². The van der Waals surface area contributed by atoms with E-state index in [1.807, 2.05) is 18.2 Å². The number of sulfonamides is 1. The van der Waals surface area contributed by atoms with E-state index in [0.29, 0.717) is 28.2 Å². The Morgan fingerprint density at radius 3 is 2.59 bits per heavy atom. The number of piperidine rings is 1. The van der Waals surface area contributed by atoms with Crippen LogP contribution in [0.5, 0.6) is 0 Å².